The number of hydrogen-bond acceptors (Lipinski definition) is 3. The first-order valence-electron chi connectivity index (χ1n) is 14.6. The molecule has 1 aliphatic carbocycles. The monoisotopic (exact) mass is 710 g/mol. The summed E-state index contributed by atoms with van der Waals surface area (Å²) in [6.07, 6.45) is 2.15. The van der Waals surface area contributed by atoms with Gasteiger partial charge in [0.25, 0.3) is 0 Å². The molecule has 2 aliphatic rings. The number of anilines is 2. The number of halogens is 2. The van der Waals surface area contributed by atoms with Crippen LogP contribution < -0.4 is 9.80 Å². The minimum absolute atomic E-state index is 1.04. The zero-order valence-corrected chi connectivity index (χ0v) is 29.8. The minimum atomic E-state index is -1.88. The van der Waals surface area contributed by atoms with Crippen LogP contribution in [0.1, 0.15) is 57.0 Å². The third-order valence-corrected chi connectivity index (χ3v) is 10.8. The first-order valence-corrected chi connectivity index (χ1v) is 20.0. The molecule has 6 heteroatoms. The average molecular weight is 711 g/mol. The summed E-state index contributed by atoms with van der Waals surface area (Å²) < 4.78 is 1.12. The second-order valence-corrected chi connectivity index (χ2v) is 17.0. The van der Waals surface area contributed by atoms with Gasteiger partial charge in [-0.3, -0.25) is 0 Å². The third-order valence-electron chi connectivity index (χ3n) is 7.67. The topological polar surface area (TPSA) is 30.3 Å². The molecule has 0 atom stereocenters. The van der Waals surface area contributed by atoms with E-state index in [1.165, 1.54) is 73.9 Å². The van der Waals surface area contributed by atoms with Crippen molar-refractivity contribution < 1.29 is 13.5 Å². The van der Waals surface area contributed by atoms with Crippen LogP contribution in [0.5, 0.6) is 0 Å². The number of nitrogens with zero attached hydrogens (tertiary/aromatic N) is 3. The van der Waals surface area contributed by atoms with Crippen LogP contribution in [0.2, 0.25) is 0 Å². The molecule has 0 amide bonds. The van der Waals surface area contributed by atoms with Crippen molar-refractivity contribution in [2.75, 3.05) is 22.9 Å². The van der Waals surface area contributed by atoms with E-state index in [1.807, 2.05) is 24.3 Å². The molecule has 0 bridgehead atoms. The second-order valence-electron chi connectivity index (χ2n) is 11.2. The van der Waals surface area contributed by atoms with Crippen LogP contribution in [0.3, 0.4) is 0 Å². The van der Waals surface area contributed by atoms with Crippen molar-refractivity contribution >= 4 is 40.4 Å². The van der Waals surface area contributed by atoms with E-state index >= 15 is 0 Å². The van der Waals surface area contributed by atoms with Crippen molar-refractivity contribution in [2.45, 2.75) is 48.5 Å². The number of rotatable bonds is 3. The van der Waals surface area contributed by atoms with E-state index in [0.29, 0.717) is 0 Å². The number of fused-ring (bicyclic) bond motifs is 1. The Morgan fingerprint density at radius 2 is 1.09 bits per heavy atom. The number of allylic oxidation sites excluding steroid dienone is 1. The van der Waals surface area contributed by atoms with Gasteiger partial charge in [0.15, 0.2) is 0 Å². The van der Waals surface area contributed by atoms with Gasteiger partial charge in [0.2, 0.25) is 0 Å². The Hall–Kier alpha value is -3.22. The summed E-state index contributed by atoms with van der Waals surface area (Å²) in [5.41, 5.74) is 15.7. The molecule has 230 valence electrons. The number of benzene rings is 4. The van der Waals surface area contributed by atoms with Gasteiger partial charge in [-0.05, 0) is 63.8 Å². The molecular formula is C38H40Cl2N3Ru-. The summed E-state index contributed by atoms with van der Waals surface area (Å²) in [4.78, 5) is 4.81. The molecule has 1 fully saturated rings. The predicted molar refractivity (Wildman–Crippen MR) is 187 cm³/mol. The summed E-state index contributed by atoms with van der Waals surface area (Å²) in [6.45, 7) is 19.0. The summed E-state index contributed by atoms with van der Waals surface area (Å²) in [5, 5.41) is 7.32. The Kier molecular flexibility index (Phi) is 11.6. The average Bonchev–Trinajstić information content (AvgIpc) is 3.59. The van der Waals surface area contributed by atoms with Gasteiger partial charge >= 0.3 is 120 Å². The van der Waals surface area contributed by atoms with Crippen molar-refractivity contribution in [3.05, 3.63) is 142 Å². The van der Waals surface area contributed by atoms with E-state index in [2.05, 4.69) is 119 Å². The molecular weight excluding hydrogens is 670 g/mol. The van der Waals surface area contributed by atoms with Crippen LogP contribution >= 0.6 is 19.4 Å². The summed E-state index contributed by atoms with van der Waals surface area (Å²) >= 11 is -1.88. The third kappa shape index (κ3) is 7.70. The molecule has 44 heavy (non-hydrogen) atoms. The van der Waals surface area contributed by atoms with Gasteiger partial charge in [-0.15, -0.1) is 0 Å². The molecule has 0 saturated carbocycles. The number of aryl methyl sites for hydroxylation is 6. The van der Waals surface area contributed by atoms with E-state index in [1.54, 1.807) is 6.07 Å². The molecule has 0 aromatic heterocycles. The quantitative estimate of drug-likeness (QED) is 0.157. The maximum atomic E-state index is 7.32. The standard InChI is InChI=1S/C21H27N2.C15H10.C2H3N.2ClH.Ru/c1-14-9-16(3)20(17(4)10-14)22-7-8-23(13-22)21-18(5)11-15(2)12-19(21)6;1-2-6-12(7-3-1)15-11-10-13-8-4-5-9-14(13)15;1-2-3;;;/h9-13H,7-8H2,1-6H3;1-9,11H;1H3;2*1H;/q-1;;;;;+2/p-2. The van der Waals surface area contributed by atoms with Crippen LogP contribution in [-0.4, -0.2) is 17.2 Å². The van der Waals surface area contributed by atoms with Gasteiger partial charge in [0, 0.05) is 31.4 Å². The molecule has 3 nitrogen and oxygen atoms in total. The zero-order valence-electron chi connectivity index (χ0n) is 26.5. The Bertz CT molecular complexity index is 1640. The van der Waals surface area contributed by atoms with E-state index in [-0.39, 0.29) is 0 Å². The molecule has 0 unspecified atom stereocenters. The van der Waals surface area contributed by atoms with Gasteiger partial charge in [-0.2, -0.15) is 11.9 Å². The molecule has 4 aromatic carbocycles. The van der Waals surface area contributed by atoms with Crippen LogP contribution in [0, 0.1) is 59.5 Å². The van der Waals surface area contributed by atoms with Gasteiger partial charge in [0.1, 0.15) is 0 Å². The molecule has 0 radical (unpaired) electrons. The molecule has 4 aromatic rings. The molecule has 0 spiro atoms. The second kappa shape index (κ2) is 15.2. The fraction of sp³-hybridized carbons (Fsp3) is 0.237. The first-order chi connectivity index (χ1) is 21.0. The summed E-state index contributed by atoms with van der Waals surface area (Å²) in [5.74, 6) is 0. The molecule has 6 rings (SSSR count). The van der Waals surface area contributed by atoms with Crippen molar-refractivity contribution in [2.24, 2.45) is 0 Å². The van der Waals surface area contributed by atoms with E-state index < -0.39 is 13.5 Å². The van der Waals surface area contributed by atoms with Gasteiger partial charge < -0.3 is 9.80 Å². The van der Waals surface area contributed by atoms with E-state index in [4.69, 9.17) is 24.6 Å². The van der Waals surface area contributed by atoms with Gasteiger partial charge in [-0.25, -0.2) is 0 Å². The molecule has 1 saturated heterocycles. The van der Waals surface area contributed by atoms with Gasteiger partial charge in [0.05, 0.1) is 6.07 Å². The van der Waals surface area contributed by atoms with Crippen molar-refractivity contribution in [1.29, 1.82) is 5.26 Å². The summed E-state index contributed by atoms with van der Waals surface area (Å²) in [7, 11) is 12.4. The predicted octanol–water partition coefficient (Wildman–Crippen LogP) is 10.1. The molecule has 1 heterocycles. The van der Waals surface area contributed by atoms with E-state index in [9.17, 15) is 0 Å². The van der Waals surface area contributed by atoms with Crippen LogP contribution in [0.25, 0.3) is 5.57 Å². The van der Waals surface area contributed by atoms with Crippen LogP contribution in [0.15, 0.2) is 84.9 Å². The zero-order chi connectivity index (χ0) is 32.0. The van der Waals surface area contributed by atoms with Crippen LogP contribution in [0.4, 0.5) is 11.4 Å². The Balaban J connectivity index is 0.000000189. The van der Waals surface area contributed by atoms with Gasteiger partial charge in [-0.1, -0.05) is 35.4 Å². The first kappa shape index (κ1) is 33.7. The van der Waals surface area contributed by atoms with Crippen molar-refractivity contribution in [3.8, 4) is 6.07 Å². The fourth-order valence-electron chi connectivity index (χ4n) is 6.26. The number of hydrogen-bond donors (Lipinski definition) is 0. The Morgan fingerprint density at radius 3 is 1.52 bits per heavy atom. The van der Waals surface area contributed by atoms with Crippen LogP contribution in [-0.2, 0) is 13.5 Å². The fourth-order valence-corrected chi connectivity index (χ4v) is 8.74. The SMILES string of the molecule is CC#N.Cc1cc(C)c(N2[CH-]N(c3c(C)cc(C)cc3C)CC2)c(C)c1.[Cl][Ru]([Cl])=[C]1C=C(c2ccccc2)c2ccccc21. The van der Waals surface area contributed by atoms with E-state index in [0.717, 1.165) is 17.2 Å². The Labute approximate surface area is 276 Å². The molecule has 0 N–H and O–H groups in total. The summed E-state index contributed by atoms with van der Waals surface area (Å²) in [6, 6.07) is 29.5. The normalized spacial score (nSPS) is 13.7. The Morgan fingerprint density at radius 1 is 0.682 bits per heavy atom. The number of nitriles is 1. The van der Waals surface area contributed by atoms with Crippen molar-refractivity contribution in [1.82, 2.24) is 0 Å². The molecule has 1 aliphatic heterocycles. The van der Waals surface area contributed by atoms with Crippen molar-refractivity contribution in [3.63, 3.8) is 0 Å². The maximum absolute atomic E-state index is 7.32.